The SMILES string of the molecule is CC(=O)NCC(F)COCCOCCOCCOCCOCCOCCNC(C)C. The van der Waals surface area contributed by atoms with Gasteiger partial charge in [-0.25, -0.2) is 4.39 Å². The van der Waals surface area contributed by atoms with Crippen molar-refractivity contribution < 1.29 is 37.6 Å². The molecule has 0 bridgehead atoms. The van der Waals surface area contributed by atoms with Crippen molar-refractivity contribution in [2.75, 3.05) is 92.4 Å². The van der Waals surface area contributed by atoms with Gasteiger partial charge in [-0.3, -0.25) is 4.79 Å². The quantitative estimate of drug-likeness (QED) is 0.223. The molecular weight excluding hydrogens is 399 g/mol. The van der Waals surface area contributed by atoms with Crippen LogP contribution in [0.1, 0.15) is 20.8 Å². The van der Waals surface area contributed by atoms with Crippen LogP contribution >= 0.6 is 0 Å². The third kappa shape index (κ3) is 25.2. The number of rotatable bonds is 23. The summed E-state index contributed by atoms with van der Waals surface area (Å²) in [5.74, 6) is -0.258. The summed E-state index contributed by atoms with van der Waals surface area (Å²) in [6.45, 7) is 11.7. The summed E-state index contributed by atoms with van der Waals surface area (Å²) in [5.41, 5.74) is 0. The Morgan fingerprint density at radius 3 is 1.53 bits per heavy atom. The van der Waals surface area contributed by atoms with E-state index in [1.54, 1.807) is 0 Å². The minimum absolute atomic E-state index is 0.0386. The Labute approximate surface area is 180 Å². The van der Waals surface area contributed by atoms with Gasteiger partial charge >= 0.3 is 0 Å². The minimum atomic E-state index is -1.21. The topological polar surface area (TPSA) is 96.5 Å². The fourth-order valence-electron chi connectivity index (χ4n) is 2.04. The van der Waals surface area contributed by atoms with Gasteiger partial charge in [-0.2, -0.15) is 0 Å². The molecular formula is C20H41FN2O7. The predicted octanol–water partition coefficient (Wildman–Crippen LogP) is 0.558. The van der Waals surface area contributed by atoms with Crippen LogP contribution in [0.5, 0.6) is 0 Å². The van der Waals surface area contributed by atoms with Crippen molar-refractivity contribution in [2.24, 2.45) is 0 Å². The second-order valence-corrected chi connectivity index (χ2v) is 6.78. The lowest BCUT2D eigenvalue weighted by molar-refractivity contribution is -0.119. The van der Waals surface area contributed by atoms with Gasteiger partial charge in [0, 0.05) is 19.5 Å². The fraction of sp³-hybridized carbons (Fsp3) is 0.950. The summed E-state index contributed by atoms with van der Waals surface area (Å²) in [7, 11) is 0. The van der Waals surface area contributed by atoms with Crippen molar-refractivity contribution in [3.63, 3.8) is 0 Å². The van der Waals surface area contributed by atoms with Gasteiger partial charge in [0.25, 0.3) is 0 Å². The number of hydrogen-bond donors (Lipinski definition) is 2. The van der Waals surface area contributed by atoms with Crippen LogP contribution < -0.4 is 10.6 Å². The molecule has 0 heterocycles. The first kappa shape index (κ1) is 29.1. The first-order chi connectivity index (χ1) is 14.5. The van der Waals surface area contributed by atoms with Gasteiger partial charge in [0.1, 0.15) is 6.17 Å². The molecule has 0 rings (SSSR count). The normalized spacial score (nSPS) is 12.4. The molecule has 0 aliphatic carbocycles. The second-order valence-electron chi connectivity index (χ2n) is 6.78. The van der Waals surface area contributed by atoms with Crippen molar-refractivity contribution >= 4 is 5.91 Å². The van der Waals surface area contributed by atoms with Gasteiger partial charge in [-0.1, -0.05) is 13.8 Å². The first-order valence-electron chi connectivity index (χ1n) is 10.6. The molecule has 1 unspecified atom stereocenters. The molecule has 0 aliphatic rings. The molecule has 9 nitrogen and oxygen atoms in total. The largest absolute Gasteiger partial charge is 0.378 e. The Morgan fingerprint density at radius 1 is 0.733 bits per heavy atom. The summed E-state index contributed by atoms with van der Waals surface area (Å²) in [5, 5.41) is 5.67. The van der Waals surface area contributed by atoms with Crippen molar-refractivity contribution in [1.82, 2.24) is 10.6 Å². The lowest BCUT2D eigenvalue weighted by Gasteiger charge is -2.10. The third-order valence-electron chi connectivity index (χ3n) is 3.53. The van der Waals surface area contributed by atoms with Crippen LogP contribution in [0.4, 0.5) is 4.39 Å². The monoisotopic (exact) mass is 440 g/mol. The number of carbonyl (C=O) groups excluding carboxylic acids is 1. The number of halogens is 1. The molecule has 1 atom stereocenters. The van der Waals surface area contributed by atoms with E-state index in [1.165, 1.54) is 6.92 Å². The standard InChI is InChI=1S/C20H41FN2O7/c1-18(2)22-4-5-25-6-7-26-8-9-27-10-11-28-12-13-29-14-15-30-17-20(21)16-23-19(3)24/h18,20,22H,4-17H2,1-3H3,(H,23,24). The molecule has 0 saturated heterocycles. The highest BCUT2D eigenvalue weighted by Gasteiger charge is 2.06. The van der Waals surface area contributed by atoms with Crippen LogP contribution in [0.3, 0.4) is 0 Å². The van der Waals surface area contributed by atoms with Crippen molar-refractivity contribution in [2.45, 2.75) is 33.0 Å². The highest BCUT2D eigenvalue weighted by atomic mass is 19.1. The molecule has 0 fully saturated rings. The van der Waals surface area contributed by atoms with E-state index in [2.05, 4.69) is 24.5 Å². The molecule has 1 amide bonds. The minimum Gasteiger partial charge on any atom is -0.378 e. The highest BCUT2D eigenvalue weighted by Crippen LogP contribution is 1.91. The fourth-order valence-corrected chi connectivity index (χ4v) is 2.04. The van der Waals surface area contributed by atoms with Gasteiger partial charge < -0.3 is 39.1 Å². The number of ether oxygens (including phenoxy) is 6. The molecule has 0 aromatic heterocycles. The Kier molecular flexibility index (Phi) is 22.1. The number of alkyl halides is 1. The lowest BCUT2D eigenvalue weighted by atomic mass is 10.4. The highest BCUT2D eigenvalue weighted by molar-refractivity contribution is 5.72. The predicted molar refractivity (Wildman–Crippen MR) is 112 cm³/mol. The maximum atomic E-state index is 13.3. The summed E-state index contributed by atoms with van der Waals surface area (Å²) in [6, 6.07) is 0.476. The van der Waals surface area contributed by atoms with Crippen LogP contribution in [0.2, 0.25) is 0 Å². The maximum absolute atomic E-state index is 13.3. The Bertz CT molecular complexity index is 379. The third-order valence-corrected chi connectivity index (χ3v) is 3.53. The lowest BCUT2D eigenvalue weighted by Crippen LogP contribution is -2.30. The van der Waals surface area contributed by atoms with Crippen LogP contribution in [0, 0.1) is 0 Å². The number of amides is 1. The van der Waals surface area contributed by atoms with E-state index in [1.807, 2.05) is 0 Å². The first-order valence-corrected chi connectivity index (χ1v) is 10.6. The zero-order valence-corrected chi connectivity index (χ0v) is 18.8. The molecule has 0 aromatic carbocycles. The molecule has 2 N–H and O–H groups in total. The van der Waals surface area contributed by atoms with E-state index in [9.17, 15) is 9.18 Å². The van der Waals surface area contributed by atoms with Crippen LogP contribution in [-0.4, -0.2) is 110 Å². The molecule has 0 saturated carbocycles. The van der Waals surface area contributed by atoms with E-state index < -0.39 is 6.17 Å². The zero-order chi connectivity index (χ0) is 22.3. The zero-order valence-electron chi connectivity index (χ0n) is 18.8. The Hall–Kier alpha value is -0.880. The van der Waals surface area contributed by atoms with Gasteiger partial charge in [-0.05, 0) is 0 Å². The second kappa shape index (κ2) is 22.8. The summed E-state index contributed by atoms with van der Waals surface area (Å²) in [6.07, 6.45) is -1.21. The molecule has 0 aliphatic heterocycles. The molecule has 0 spiro atoms. The van der Waals surface area contributed by atoms with E-state index in [0.29, 0.717) is 78.7 Å². The number of carbonyl (C=O) groups is 1. The Balaban J connectivity index is 3.09. The number of nitrogens with one attached hydrogen (secondary N) is 2. The average Bonchev–Trinajstić information content (AvgIpc) is 2.70. The van der Waals surface area contributed by atoms with E-state index >= 15 is 0 Å². The van der Waals surface area contributed by atoms with Crippen LogP contribution in [0.15, 0.2) is 0 Å². The van der Waals surface area contributed by atoms with Gasteiger partial charge in [-0.15, -0.1) is 0 Å². The number of hydrogen-bond acceptors (Lipinski definition) is 8. The summed E-state index contributed by atoms with van der Waals surface area (Å²) < 4.78 is 45.3. The van der Waals surface area contributed by atoms with E-state index in [4.69, 9.17) is 28.4 Å². The Morgan fingerprint density at radius 2 is 1.13 bits per heavy atom. The molecule has 30 heavy (non-hydrogen) atoms. The summed E-state index contributed by atoms with van der Waals surface area (Å²) in [4.78, 5) is 10.6. The van der Waals surface area contributed by atoms with Crippen LogP contribution in [0.25, 0.3) is 0 Å². The molecule has 180 valence electrons. The molecule has 0 radical (unpaired) electrons. The van der Waals surface area contributed by atoms with Gasteiger partial charge in [0.2, 0.25) is 5.91 Å². The van der Waals surface area contributed by atoms with E-state index in [0.717, 1.165) is 6.54 Å². The van der Waals surface area contributed by atoms with Crippen molar-refractivity contribution in [3.8, 4) is 0 Å². The van der Waals surface area contributed by atoms with Crippen LogP contribution in [-0.2, 0) is 33.2 Å². The average molecular weight is 441 g/mol. The van der Waals surface area contributed by atoms with Gasteiger partial charge in [0.15, 0.2) is 0 Å². The molecule has 0 aromatic rings. The van der Waals surface area contributed by atoms with Gasteiger partial charge in [0.05, 0.1) is 85.8 Å². The molecule has 10 heteroatoms. The van der Waals surface area contributed by atoms with E-state index in [-0.39, 0.29) is 19.1 Å². The smallest absolute Gasteiger partial charge is 0.216 e. The van der Waals surface area contributed by atoms with Crippen molar-refractivity contribution in [3.05, 3.63) is 0 Å². The maximum Gasteiger partial charge on any atom is 0.216 e. The van der Waals surface area contributed by atoms with Crippen molar-refractivity contribution in [1.29, 1.82) is 0 Å². The summed E-state index contributed by atoms with van der Waals surface area (Å²) >= 11 is 0.